The van der Waals surface area contributed by atoms with Crippen LogP contribution in [0.3, 0.4) is 0 Å². The second-order valence-electron chi connectivity index (χ2n) is 9.26. The third-order valence-electron chi connectivity index (χ3n) is 5.79. The monoisotopic (exact) mass is 422 g/mol. The summed E-state index contributed by atoms with van der Waals surface area (Å²) in [5, 5.41) is 2.90. The molecule has 0 saturated carbocycles. The average Bonchev–Trinajstić information content (AvgIpc) is 3.16. The first kappa shape index (κ1) is 22.0. The lowest BCUT2D eigenvalue weighted by Gasteiger charge is -2.34. The summed E-state index contributed by atoms with van der Waals surface area (Å²) < 4.78 is 5.47. The standard InChI is InChI=1S/C21H34N4O3S/c1-21(2,3)28-20(27)25-12-6-15(7-13-25)18-22-17(14-29-18)19(26)24(5)16-8-10-23(4)11-9-16/h14-16H,6-13H2,1-5H3. The minimum absolute atomic E-state index is 0.0215. The molecule has 1 aromatic heterocycles. The van der Waals surface area contributed by atoms with E-state index >= 15 is 0 Å². The molecule has 2 amide bonds. The van der Waals surface area contributed by atoms with Crippen LogP contribution in [0.1, 0.15) is 67.9 Å². The maximum absolute atomic E-state index is 12.9. The van der Waals surface area contributed by atoms with Gasteiger partial charge in [-0.2, -0.15) is 0 Å². The molecule has 0 aliphatic carbocycles. The molecule has 3 heterocycles. The van der Waals surface area contributed by atoms with Crippen LogP contribution in [0.25, 0.3) is 0 Å². The van der Waals surface area contributed by atoms with E-state index in [1.165, 1.54) is 0 Å². The molecule has 7 nitrogen and oxygen atoms in total. The van der Waals surface area contributed by atoms with Crippen molar-refractivity contribution in [2.24, 2.45) is 0 Å². The lowest BCUT2D eigenvalue weighted by atomic mass is 9.98. The van der Waals surface area contributed by atoms with E-state index in [-0.39, 0.29) is 12.0 Å². The van der Waals surface area contributed by atoms with E-state index in [0.29, 0.717) is 30.7 Å². The van der Waals surface area contributed by atoms with Gasteiger partial charge in [-0.3, -0.25) is 4.79 Å². The second kappa shape index (κ2) is 9.00. The molecule has 0 bridgehead atoms. The molecule has 8 heteroatoms. The molecule has 2 fully saturated rings. The van der Waals surface area contributed by atoms with Gasteiger partial charge in [0.2, 0.25) is 0 Å². The van der Waals surface area contributed by atoms with E-state index in [4.69, 9.17) is 4.74 Å². The van der Waals surface area contributed by atoms with Crippen molar-refractivity contribution >= 4 is 23.3 Å². The molecule has 0 unspecified atom stereocenters. The lowest BCUT2D eigenvalue weighted by molar-refractivity contribution is 0.0204. The summed E-state index contributed by atoms with van der Waals surface area (Å²) in [6, 6.07) is 0.293. The zero-order valence-electron chi connectivity index (χ0n) is 18.3. The molecular formula is C21H34N4O3S. The third-order valence-corrected chi connectivity index (χ3v) is 6.80. The van der Waals surface area contributed by atoms with Gasteiger partial charge >= 0.3 is 6.09 Å². The van der Waals surface area contributed by atoms with Crippen LogP contribution >= 0.6 is 11.3 Å². The molecule has 0 N–H and O–H groups in total. The molecule has 0 radical (unpaired) electrons. The highest BCUT2D eigenvalue weighted by molar-refractivity contribution is 7.09. The van der Waals surface area contributed by atoms with Gasteiger partial charge in [-0.1, -0.05) is 0 Å². The van der Waals surface area contributed by atoms with E-state index in [2.05, 4.69) is 16.9 Å². The number of thiazole rings is 1. The van der Waals surface area contributed by atoms with Gasteiger partial charge in [-0.25, -0.2) is 9.78 Å². The van der Waals surface area contributed by atoms with Crippen LogP contribution in [0, 0.1) is 0 Å². The van der Waals surface area contributed by atoms with Crippen LogP contribution in [0.2, 0.25) is 0 Å². The highest BCUT2D eigenvalue weighted by Crippen LogP contribution is 2.31. The Morgan fingerprint density at radius 3 is 2.34 bits per heavy atom. The van der Waals surface area contributed by atoms with E-state index in [9.17, 15) is 9.59 Å². The maximum Gasteiger partial charge on any atom is 0.410 e. The van der Waals surface area contributed by atoms with Crippen molar-refractivity contribution in [3.63, 3.8) is 0 Å². The minimum atomic E-state index is -0.474. The fourth-order valence-corrected chi connectivity index (χ4v) is 4.90. The van der Waals surface area contributed by atoms with Crippen molar-refractivity contribution in [1.82, 2.24) is 19.7 Å². The molecule has 2 saturated heterocycles. The fraction of sp³-hybridized carbons (Fsp3) is 0.762. The molecular weight excluding hydrogens is 388 g/mol. The average molecular weight is 423 g/mol. The summed E-state index contributed by atoms with van der Waals surface area (Å²) in [5.41, 5.74) is 0.0826. The van der Waals surface area contributed by atoms with E-state index in [1.54, 1.807) is 16.2 Å². The number of amides is 2. The quantitative estimate of drug-likeness (QED) is 0.747. The smallest absolute Gasteiger partial charge is 0.410 e. The number of ether oxygens (including phenoxy) is 1. The number of rotatable bonds is 3. The van der Waals surface area contributed by atoms with Crippen molar-refractivity contribution in [3.8, 4) is 0 Å². The molecule has 2 aliphatic rings. The van der Waals surface area contributed by atoms with Crippen molar-refractivity contribution in [2.75, 3.05) is 40.3 Å². The Morgan fingerprint density at radius 1 is 1.14 bits per heavy atom. The van der Waals surface area contributed by atoms with Gasteiger partial charge in [0, 0.05) is 37.5 Å². The highest BCUT2D eigenvalue weighted by Gasteiger charge is 2.30. The topological polar surface area (TPSA) is 66.0 Å². The summed E-state index contributed by atoms with van der Waals surface area (Å²) in [4.78, 5) is 35.7. The van der Waals surface area contributed by atoms with Crippen LogP contribution in [0.15, 0.2) is 5.38 Å². The number of hydrogen-bond acceptors (Lipinski definition) is 6. The number of likely N-dealkylation sites (tertiary alicyclic amines) is 2. The summed E-state index contributed by atoms with van der Waals surface area (Å²) in [5.74, 6) is 0.321. The molecule has 29 heavy (non-hydrogen) atoms. The van der Waals surface area contributed by atoms with Gasteiger partial charge in [0.15, 0.2) is 0 Å². The molecule has 162 valence electrons. The predicted molar refractivity (Wildman–Crippen MR) is 115 cm³/mol. The largest absolute Gasteiger partial charge is 0.444 e. The maximum atomic E-state index is 12.9. The van der Waals surface area contributed by atoms with Gasteiger partial charge < -0.3 is 19.4 Å². The molecule has 1 aromatic rings. The fourth-order valence-electron chi connectivity index (χ4n) is 3.94. The summed E-state index contributed by atoms with van der Waals surface area (Å²) >= 11 is 1.57. The Balaban J connectivity index is 1.54. The van der Waals surface area contributed by atoms with Gasteiger partial charge in [0.05, 0.1) is 5.01 Å². The second-order valence-corrected chi connectivity index (χ2v) is 10.2. The summed E-state index contributed by atoms with van der Waals surface area (Å²) in [7, 11) is 4.02. The first-order valence-corrected chi connectivity index (χ1v) is 11.4. The summed E-state index contributed by atoms with van der Waals surface area (Å²) in [6.45, 7) is 9.04. The zero-order valence-corrected chi connectivity index (χ0v) is 19.1. The molecule has 3 rings (SSSR count). The molecule has 0 atom stereocenters. The van der Waals surface area contributed by atoms with Gasteiger partial charge in [-0.05, 0) is 66.6 Å². The zero-order chi connectivity index (χ0) is 21.2. The Labute approximate surface area is 178 Å². The van der Waals surface area contributed by atoms with Crippen LogP contribution < -0.4 is 0 Å². The molecule has 2 aliphatic heterocycles. The Hall–Kier alpha value is -1.67. The van der Waals surface area contributed by atoms with Crippen molar-refractivity contribution in [1.29, 1.82) is 0 Å². The predicted octanol–water partition coefficient (Wildman–Crippen LogP) is 3.42. The number of aromatic nitrogens is 1. The lowest BCUT2D eigenvalue weighted by Crippen LogP contribution is -2.44. The van der Waals surface area contributed by atoms with Crippen LogP contribution in [-0.4, -0.2) is 83.6 Å². The van der Waals surface area contributed by atoms with E-state index in [0.717, 1.165) is 43.8 Å². The number of carbonyl (C=O) groups is 2. The van der Waals surface area contributed by atoms with Crippen LogP contribution in [0.5, 0.6) is 0 Å². The first-order valence-electron chi connectivity index (χ1n) is 10.5. The van der Waals surface area contributed by atoms with Crippen molar-refractivity contribution in [2.45, 2.75) is 64.0 Å². The normalized spacial score (nSPS) is 20.0. The molecule has 0 spiro atoms. The third kappa shape index (κ3) is 5.69. The number of nitrogens with zero attached hydrogens (tertiary/aromatic N) is 4. The Morgan fingerprint density at radius 2 is 1.76 bits per heavy atom. The van der Waals surface area contributed by atoms with E-state index < -0.39 is 5.60 Å². The van der Waals surface area contributed by atoms with E-state index in [1.807, 2.05) is 38.1 Å². The van der Waals surface area contributed by atoms with Crippen LogP contribution in [-0.2, 0) is 4.74 Å². The SMILES string of the molecule is CN1CCC(N(C)C(=O)c2csc(C3CCN(C(=O)OC(C)(C)C)CC3)n2)CC1. The summed E-state index contributed by atoms with van der Waals surface area (Å²) in [6.07, 6.45) is 3.49. The number of carbonyl (C=O) groups excluding carboxylic acids is 2. The van der Waals surface area contributed by atoms with Gasteiger partial charge in [0.1, 0.15) is 11.3 Å². The van der Waals surface area contributed by atoms with Crippen molar-refractivity contribution < 1.29 is 14.3 Å². The first-order chi connectivity index (χ1) is 13.6. The van der Waals surface area contributed by atoms with Crippen LogP contribution in [0.4, 0.5) is 4.79 Å². The Kier molecular flexibility index (Phi) is 6.83. The van der Waals surface area contributed by atoms with Gasteiger partial charge in [0.25, 0.3) is 5.91 Å². The Bertz CT molecular complexity index is 714. The highest BCUT2D eigenvalue weighted by atomic mass is 32.1. The number of hydrogen-bond donors (Lipinski definition) is 0. The number of piperidine rings is 2. The minimum Gasteiger partial charge on any atom is -0.444 e. The van der Waals surface area contributed by atoms with Gasteiger partial charge in [-0.15, -0.1) is 11.3 Å². The molecule has 0 aromatic carbocycles. The van der Waals surface area contributed by atoms with Crippen molar-refractivity contribution in [3.05, 3.63) is 16.1 Å².